The van der Waals surface area contributed by atoms with Crippen molar-refractivity contribution in [3.05, 3.63) is 0 Å². The summed E-state index contributed by atoms with van der Waals surface area (Å²) in [5.74, 6) is 0. The van der Waals surface area contributed by atoms with E-state index in [0.717, 1.165) is 18.7 Å². The lowest BCUT2D eigenvalue weighted by atomic mass is 10.1. The molecule has 0 aromatic rings. The second kappa shape index (κ2) is 5.99. The summed E-state index contributed by atoms with van der Waals surface area (Å²) in [6.07, 6.45) is 6.70. The Balaban J connectivity index is 1.86. The molecule has 3 heteroatoms. The lowest BCUT2D eigenvalue weighted by Crippen LogP contribution is -2.46. The molecule has 0 spiro atoms. The van der Waals surface area contributed by atoms with Gasteiger partial charge in [0.05, 0.1) is 6.61 Å². The van der Waals surface area contributed by atoms with Crippen LogP contribution in [0.5, 0.6) is 0 Å². The fourth-order valence-electron chi connectivity index (χ4n) is 2.81. The molecule has 0 aromatic carbocycles. The molecule has 3 nitrogen and oxygen atoms in total. The fraction of sp³-hybridized carbons (Fsp3) is 1.00. The van der Waals surface area contributed by atoms with Crippen LogP contribution in [-0.4, -0.2) is 49.8 Å². The van der Waals surface area contributed by atoms with Gasteiger partial charge in [-0.3, -0.25) is 4.90 Å². The van der Waals surface area contributed by atoms with Crippen molar-refractivity contribution < 1.29 is 4.74 Å². The summed E-state index contributed by atoms with van der Waals surface area (Å²) in [6, 6.07) is 2.20. The highest BCUT2D eigenvalue weighted by Crippen LogP contribution is 2.30. The van der Waals surface area contributed by atoms with Crippen molar-refractivity contribution in [3.63, 3.8) is 0 Å². The van der Waals surface area contributed by atoms with E-state index in [-0.39, 0.29) is 0 Å². The van der Waals surface area contributed by atoms with Crippen molar-refractivity contribution in [2.75, 3.05) is 26.8 Å². The van der Waals surface area contributed by atoms with Gasteiger partial charge in [-0.15, -0.1) is 0 Å². The highest BCUT2D eigenvalue weighted by atomic mass is 16.5. The number of nitrogens with one attached hydrogen (secondary N) is 1. The van der Waals surface area contributed by atoms with Crippen molar-refractivity contribution in [2.24, 2.45) is 0 Å². The minimum Gasteiger partial charge on any atom is -0.383 e. The molecule has 0 amide bonds. The van der Waals surface area contributed by atoms with Crippen LogP contribution in [0.3, 0.4) is 0 Å². The highest BCUT2D eigenvalue weighted by Gasteiger charge is 2.34. The van der Waals surface area contributed by atoms with Crippen LogP contribution in [0.25, 0.3) is 0 Å². The third-order valence-electron chi connectivity index (χ3n) is 3.91. The molecular formula is C13H26N2O. The van der Waals surface area contributed by atoms with Gasteiger partial charge in [0.2, 0.25) is 0 Å². The molecule has 2 aliphatic rings. The Hall–Kier alpha value is -0.120. The van der Waals surface area contributed by atoms with Crippen molar-refractivity contribution in [1.82, 2.24) is 10.2 Å². The van der Waals surface area contributed by atoms with Gasteiger partial charge in [0, 0.05) is 31.8 Å². The number of ether oxygens (including phenoxy) is 1. The lowest BCUT2D eigenvalue weighted by Gasteiger charge is -2.33. The molecule has 1 aliphatic heterocycles. The van der Waals surface area contributed by atoms with Crippen molar-refractivity contribution in [1.29, 1.82) is 0 Å². The maximum Gasteiger partial charge on any atom is 0.0618 e. The maximum absolute atomic E-state index is 5.36. The van der Waals surface area contributed by atoms with Gasteiger partial charge < -0.3 is 10.1 Å². The molecule has 16 heavy (non-hydrogen) atoms. The second-order valence-corrected chi connectivity index (χ2v) is 5.24. The van der Waals surface area contributed by atoms with Crippen LogP contribution in [0.1, 0.15) is 39.0 Å². The number of hydrogen-bond acceptors (Lipinski definition) is 3. The Morgan fingerprint density at radius 1 is 1.38 bits per heavy atom. The molecule has 1 N–H and O–H groups in total. The van der Waals surface area contributed by atoms with E-state index in [1.54, 1.807) is 0 Å². The third kappa shape index (κ3) is 3.19. The van der Waals surface area contributed by atoms with E-state index < -0.39 is 0 Å². The molecule has 2 unspecified atom stereocenters. The van der Waals surface area contributed by atoms with Crippen molar-refractivity contribution in [2.45, 2.75) is 57.2 Å². The minimum atomic E-state index is 0.625. The summed E-state index contributed by atoms with van der Waals surface area (Å²) < 4.78 is 5.36. The van der Waals surface area contributed by atoms with E-state index in [1.165, 1.54) is 45.2 Å². The van der Waals surface area contributed by atoms with E-state index in [2.05, 4.69) is 17.1 Å². The molecule has 2 fully saturated rings. The molecular weight excluding hydrogens is 200 g/mol. The number of nitrogens with zero attached hydrogens (tertiary/aromatic N) is 1. The second-order valence-electron chi connectivity index (χ2n) is 5.24. The van der Waals surface area contributed by atoms with Crippen LogP contribution in [0.2, 0.25) is 0 Å². The maximum atomic E-state index is 5.36. The summed E-state index contributed by atoms with van der Waals surface area (Å²) in [6.45, 7) is 5.61. The van der Waals surface area contributed by atoms with Crippen LogP contribution < -0.4 is 5.32 Å². The lowest BCUT2D eigenvalue weighted by molar-refractivity contribution is 0.0765. The van der Waals surface area contributed by atoms with Gasteiger partial charge in [-0.2, -0.15) is 0 Å². The third-order valence-corrected chi connectivity index (χ3v) is 3.91. The van der Waals surface area contributed by atoms with Crippen LogP contribution in [0.4, 0.5) is 0 Å². The van der Waals surface area contributed by atoms with Crippen LogP contribution in [0.15, 0.2) is 0 Å². The Kier molecular flexibility index (Phi) is 4.62. The van der Waals surface area contributed by atoms with E-state index in [1.807, 2.05) is 7.11 Å². The topological polar surface area (TPSA) is 24.5 Å². The fourth-order valence-corrected chi connectivity index (χ4v) is 2.81. The summed E-state index contributed by atoms with van der Waals surface area (Å²) in [5.41, 5.74) is 0. The summed E-state index contributed by atoms with van der Waals surface area (Å²) in [5, 5.41) is 3.61. The Labute approximate surface area is 99.5 Å². The summed E-state index contributed by atoms with van der Waals surface area (Å²) in [7, 11) is 1.82. The molecule has 0 aromatic heterocycles. The molecule has 0 radical (unpaired) electrons. The van der Waals surface area contributed by atoms with E-state index >= 15 is 0 Å². The number of hydrogen-bond donors (Lipinski definition) is 1. The average molecular weight is 226 g/mol. The summed E-state index contributed by atoms with van der Waals surface area (Å²) in [4.78, 5) is 2.70. The first-order valence-electron chi connectivity index (χ1n) is 6.83. The minimum absolute atomic E-state index is 0.625. The SMILES string of the molecule is CCC(COC)N(CC1CCCN1)C1CC1. The van der Waals surface area contributed by atoms with Gasteiger partial charge in [-0.1, -0.05) is 6.92 Å². The highest BCUT2D eigenvalue weighted by molar-refractivity contribution is 4.91. The van der Waals surface area contributed by atoms with Crippen LogP contribution >= 0.6 is 0 Å². The predicted molar refractivity (Wildman–Crippen MR) is 66.7 cm³/mol. The molecule has 1 saturated carbocycles. The Morgan fingerprint density at radius 2 is 2.19 bits per heavy atom. The molecule has 0 bridgehead atoms. The quantitative estimate of drug-likeness (QED) is 0.714. The van der Waals surface area contributed by atoms with Gasteiger partial charge >= 0.3 is 0 Å². The smallest absolute Gasteiger partial charge is 0.0618 e. The van der Waals surface area contributed by atoms with Crippen molar-refractivity contribution >= 4 is 0 Å². The molecule has 1 heterocycles. The monoisotopic (exact) mass is 226 g/mol. The largest absolute Gasteiger partial charge is 0.383 e. The zero-order valence-corrected chi connectivity index (χ0v) is 10.7. The van der Waals surface area contributed by atoms with Gasteiger partial charge in [0.25, 0.3) is 0 Å². The van der Waals surface area contributed by atoms with Gasteiger partial charge in [0.1, 0.15) is 0 Å². The Morgan fingerprint density at radius 3 is 2.69 bits per heavy atom. The summed E-state index contributed by atoms with van der Waals surface area (Å²) >= 11 is 0. The first kappa shape index (κ1) is 12.3. The van der Waals surface area contributed by atoms with Gasteiger partial charge in [0.15, 0.2) is 0 Å². The van der Waals surface area contributed by atoms with E-state index in [0.29, 0.717) is 6.04 Å². The molecule has 1 saturated heterocycles. The van der Waals surface area contributed by atoms with E-state index in [4.69, 9.17) is 4.74 Å². The van der Waals surface area contributed by atoms with Crippen molar-refractivity contribution in [3.8, 4) is 0 Å². The zero-order chi connectivity index (χ0) is 11.4. The molecule has 1 aliphatic carbocycles. The van der Waals surface area contributed by atoms with E-state index in [9.17, 15) is 0 Å². The molecule has 2 rings (SSSR count). The first-order chi connectivity index (χ1) is 7.85. The predicted octanol–water partition coefficient (Wildman–Crippen LogP) is 1.63. The number of rotatable bonds is 7. The average Bonchev–Trinajstić information content (AvgIpc) is 3.01. The number of methoxy groups -OCH3 is 1. The molecule has 2 atom stereocenters. The zero-order valence-electron chi connectivity index (χ0n) is 10.7. The van der Waals surface area contributed by atoms with Gasteiger partial charge in [-0.25, -0.2) is 0 Å². The normalized spacial score (nSPS) is 27.6. The molecule has 94 valence electrons. The van der Waals surface area contributed by atoms with Crippen LogP contribution in [-0.2, 0) is 4.74 Å². The van der Waals surface area contributed by atoms with Gasteiger partial charge in [-0.05, 0) is 38.6 Å². The first-order valence-corrected chi connectivity index (χ1v) is 6.83. The standard InChI is InChI=1S/C13H26N2O/c1-3-12(10-16-2)15(13-6-7-13)9-11-5-4-8-14-11/h11-14H,3-10H2,1-2H3. The Bertz CT molecular complexity index is 200. The van der Waals surface area contributed by atoms with Crippen LogP contribution in [0, 0.1) is 0 Å².